The Morgan fingerprint density at radius 3 is 2.68 bits per heavy atom. The normalized spacial score (nSPS) is 17.5. The number of ether oxygens (including phenoxy) is 2. The molecule has 0 saturated heterocycles. The van der Waals surface area contributed by atoms with E-state index >= 15 is 0 Å². The number of benzene rings is 2. The van der Waals surface area contributed by atoms with Crippen molar-refractivity contribution < 1.29 is 14.3 Å². The van der Waals surface area contributed by atoms with Gasteiger partial charge in [0.2, 0.25) is 0 Å². The first kappa shape index (κ1) is 15.7. The maximum atomic E-state index is 12.5. The zero-order valence-corrected chi connectivity index (χ0v) is 14.0. The van der Waals surface area contributed by atoms with E-state index in [4.69, 9.17) is 9.47 Å². The molecule has 0 unspecified atom stereocenters. The summed E-state index contributed by atoms with van der Waals surface area (Å²) in [4.78, 5) is 12.5. The minimum atomic E-state index is -0.244. The lowest BCUT2D eigenvalue weighted by Gasteiger charge is -2.18. The van der Waals surface area contributed by atoms with Crippen molar-refractivity contribution in [3.63, 3.8) is 0 Å². The topological polar surface area (TPSA) is 59.9 Å². The second-order valence-electron chi connectivity index (χ2n) is 6.22. The van der Waals surface area contributed by atoms with Crippen LogP contribution >= 0.6 is 0 Å². The molecule has 1 heterocycles. The van der Waals surface area contributed by atoms with E-state index in [1.807, 2.05) is 6.07 Å². The molecule has 0 spiro atoms. The molecule has 128 valence electrons. The Morgan fingerprint density at radius 1 is 0.960 bits per heavy atom. The smallest absolute Gasteiger partial charge is 0.271 e. The molecule has 1 amide bonds. The van der Waals surface area contributed by atoms with Crippen molar-refractivity contribution in [2.45, 2.75) is 25.7 Å². The first-order chi connectivity index (χ1) is 12.3. The van der Waals surface area contributed by atoms with Gasteiger partial charge in [0.1, 0.15) is 13.2 Å². The Hall–Kier alpha value is -2.82. The SMILES string of the molecule is O=C(N/N=C1/CCCCc2ccccc21)c1ccc2c(c1)OCCO2. The number of nitrogens with one attached hydrogen (secondary N) is 1. The summed E-state index contributed by atoms with van der Waals surface area (Å²) in [6, 6.07) is 13.5. The van der Waals surface area contributed by atoms with Crippen LogP contribution in [0.5, 0.6) is 11.5 Å². The van der Waals surface area contributed by atoms with Crippen molar-refractivity contribution in [1.82, 2.24) is 5.43 Å². The highest BCUT2D eigenvalue weighted by Gasteiger charge is 2.16. The highest BCUT2D eigenvalue weighted by molar-refractivity contribution is 6.03. The van der Waals surface area contributed by atoms with E-state index in [-0.39, 0.29) is 5.91 Å². The van der Waals surface area contributed by atoms with Gasteiger partial charge in [0, 0.05) is 11.1 Å². The lowest BCUT2D eigenvalue weighted by atomic mass is 10.0. The predicted octanol–water partition coefficient (Wildman–Crippen LogP) is 3.32. The summed E-state index contributed by atoms with van der Waals surface area (Å²) >= 11 is 0. The van der Waals surface area contributed by atoms with Crippen LogP contribution in [0.15, 0.2) is 47.6 Å². The molecule has 5 heteroatoms. The Bertz CT molecular complexity index is 829. The fourth-order valence-corrected chi connectivity index (χ4v) is 3.25. The lowest BCUT2D eigenvalue weighted by Crippen LogP contribution is -2.21. The van der Waals surface area contributed by atoms with E-state index in [0.717, 1.165) is 37.0 Å². The molecule has 0 atom stereocenters. The number of aryl methyl sites for hydroxylation is 1. The van der Waals surface area contributed by atoms with E-state index in [1.165, 1.54) is 5.56 Å². The molecule has 5 nitrogen and oxygen atoms in total. The minimum Gasteiger partial charge on any atom is -0.486 e. The standard InChI is InChI=1S/C20H20N2O3/c23-20(15-9-10-18-19(13-15)25-12-11-24-18)22-21-17-8-4-2-6-14-5-1-3-7-16(14)17/h1,3,5,7,9-10,13H,2,4,6,8,11-12H2,(H,22,23)/b21-17-. The maximum absolute atomic E-state index is 12.5. The lowest BCUT2D eigenvalue weighted by molar-refractivity contribution is 0.0953. The highest BCUT2D eigenvalue weighted by Crippen LogP contribution is 2.30. The summed E-state index contributed by atoms with van der Waals surface area (Å²) < 4.78 is 11.0. The Kier molecular flexibility index (Phi) is 4.37. The average molecular weight is 336 g/mol. The summed E-state index contributed by atoms with van der Waals surface area (Å²) in [7, 11) is 0. The second kappa shape index (κ2) is 6.97. The van der Waals surface area contributed by atoms with Gasteiger partial charge in [-0.2, -0.15) is 5.10 Å². The van der Waals surface area contributed by atoms with Gasteiger partial charge < -0.3 is 9.47 Å². The third kappa shape index (κ3) is 3.36. The first-order valence-electron chi connectivity index (χ1n) is 8.66. The molecule has 2 aromatic rings. The molecular weight excluding hydrogens is 316 g/mol. The van der Waals surface area contributed by atoms with Crippen LogP contribution < -0.4 is 14.9 Å². The van der Waals surface area contributed by atoms with Crippen molar-refractivity contribution in [3.05, 3.63) is 59.2 Å². The van der Waals surface area contributed by atoms with Gasteiger partial charge in [-0.25, -0.2) is 5.43 Å². The van der Waals surface area contributed by atoms with Gasteiger partial charge in [-0.3, -0.25) is 4.79 Å². The van der Waals surface area contributed by atoms with E-state index in [9.17, 15) is 4.79 Å². The molecule has 2 aromatic carbocycles. The number of carbonyl (C=O) groups is 1. The van der Waals surface area contributed by atoms with Crippen LogP contribution in [-0.4, -0.2) is 24.8 Å². The zero-order valence-electron chi connectivity index (χ0n) is 14.0. The van der Waals surface area contributed by atoms with Gasteiger partial charge >= 0.3 is 0 Å². The fraction of sp³-hybridized carbons (Fsp3) is 0.300. The van der Waals surface area contributed by atoms with Crippen LogP contribution in [0.4, 0.5) is 0 Å². The van der Waals surface area contributed by atoms with Crippen molar-refractivity contribution in [3.8, 4) is 11.5 Å². The third-order valence-electron chi connectivity index (χ3n) is 4.53. The summed E-state index contributed by atoms with van der Waals surface area (Å²) in [6.07, 6.45) is 4.16. The molecule has 25 heavy (non-hydrogen) atoms. The van der Waals surface area contributed by atoms with Crippen LogP contribution in [0.1, 0.15) is 40.7 Å². The number of hydrogen-bond acceptors (Lipinski definition) is 4. The van der Waals surface area contributed by atoms with Crippen LogP contribution in [0.25, 0.3) is 0 Å². The van der Waals surface area contributed by atoms with Crippen LogP contribution in [-0.2, 0) is 6.42 Å². The predicted molar refractivity (Wildman–Crippen MR) is 95.4 cm³/mol. The van der Waals surface area contributed by atoms with Crippen molar-refractivity contribution in [2.75, 3.05) is 13.2 Å². The molecule has 4 rings (SSSR count). The van der Waals surface area contributed by atoms with E-state index in [1.54, 1.807) is 18.2 Å². The number of fused-ring (bicyclic) bond motifs is 2. The third-order valence-corrected chi connectivity index (χ3v) is 4.53. The van der Waals surface area contributed by atoms with Gasteiger partial charge in [-0.15, -0.1) is 0 Å². The molecule has 0 aromatic heterocycles. The van der Waals surface area contributed by atoms with E-state index in [2.05, 4.69) is 28.7 Å². The first-order valence-corrected chi connectivity index (χ1v) is 8.66. The van der Waals surface area contributed by atoms with Gasteiger partial charge in [0.15, 0.2) is 11.5 Å². The van der Waals surface area contributed by atoms with E-state index in [0.29, 0.717) is 30.3 Å². The van der Waals surface area contributed by atoms with Crippen molar-refractivity contribution >= 4 is 11.6 Å². The number of hydrazone groups is 1. The number of hydrogen-bond donors (Lipinski definition) is 1. The molecule has 0 fully saturated rings. The summed E-state index contributed by atoms with van der Waals surface area (Å²) in [6.45, 7) is 1.03. The quantitative estimate of drug-likeness (QED) is 0.676. The van der Waals surface area contributed by atoms with Gasteiger partial charge in [-0.05, 0) is 49.4 Å². The van der Waals surface area contributed by atoms with Crippen LogP contribution in [0.2, 0.25) is 0 Å². The summed E-state index contributed by atoms with van der Waals surface area (Å²) in [5.74, 6) is 1.03. The van der Waals surface area contributed by atoms with Gasteiger partial charge in [0.05, 0.1) is 5.71 Å². The van der Waals surface area contributed by atoms with Crippen LogP contribution in [0.3, 0.4) is 0 Å². The number of nitrogens with zero attached hydrogens (tertiary/aromatic N) is 1. The largest absolute Gasteiger partial charge is 0.486 e. The fourth-order valence-electron chi connectivity index (χ4n) is 3.25. The molecule has 0 saturated carbocycles. The van der Waals surface area contributed by atoms with E-state index < -0.39 is 0 Å². The van der Waals surface area contributed by atoms with Crippen molar-refractivity contribution in [1.29, 1.82) is 0 Å². The second-order valence-corrected chi connectivity index (χ2v) is 6.22. The molecule has 1 aliphatic carbocycles. The van der Waals surface area contributed by atoms with Gasteiger partial charge in [-0.1, -0.05) is 24.3 Å². The molecule has 1 N–H and O–H groups in total. The minimum absolute atomic E-state index is 0.244. The van der Waals surface area contributed by atoms with Crippen LogP contribution in [0, 0.1) is 0 Å². The summed E-state index contributed by atoms with van der Waals surface area (Å²) in [5.41, 5.74) is 6.59. The van der Waals surface area contributed by atoms with Crippen molar-refractivity contribution in [2.24, 2.45) is 5.10 Å². The highest BCUT2D eigenvalue weighted by atomic mass is 16.6. The number of rotatable bonds is 2. The zero-order chi connectivity index (χ0) is 17.1. The monoisotopic (exact) mass is 336 g/mol. The Balaban J connectivity index is 1.54. The Labute approximate surface area is 146 Å². The average Bonchev–Trinajstić information content (AvgIpc) is 2.88. The molecule has 2 aliphatic rings. The maximum Gasteiger partial charge on any atom is 0.271 e. The molecule has 1 aliphatic heterocycles. The number of amides is 1. The molecular formula is C20H20N2O3. The molecule has 0 radical (unpaired) electrons. The Morgan fingerprint density at radius 2 is 1.76 bits per heavy atom. The summed E-state index contributed by atoms with van der Waals surface area (Å²) in [5, 5.41) is 4.42. The molecule has 0 bridgehead atoms. The number of carbonyl (C=O) groups excluding carboxylic acids is 1. The van der Waals surface area contributed by atoms with Gasteiger partial charge in [0.25, 0.3) is 5.91 Å².